The van der Waals surface area contributed by atoms with Gasteiger partial charge < -0.3 is 5.32 Å². The summed E-state index contributed by atoms with van der Waals surface area (Å²) in [4.78, 5) is 12.4. The number of hydrogen-bond donors (Lipinski definition) is 1. The first-order chi connectivity index (χ1) is 11.2. The van der Waals surface area contributed by atoms with Crippen LogP contribution in [0.3, 0.4) is 0 Å². The van der Waals surface area contributed by atoms with Gasteiger partial charge in [-0.05, 0) is 42.0 Å². The van der Waals surface area contributed by atoms with Gasteiger partial charge in [0.05, 0.1) is 0 Å². The molecule has 0 radical (unpaired) electrons. The summed E-state index contributed by atoms with van der Waals surface area (Å²) in [6.07, 6.45) is 0. The van der Waals surface area contributed by atoms with Crippen LogP contribution in [0.2, 0.25) is 5.02 Å². The quantitative estimate of drug-likeness (QED) is 0.656. The molecule has 23 heavy (non-hydrogen) atoms. The van der Waals surface area contributed by atoms with E-state index in [4.69, 9.17) is 11.6 Å². The van der Waals surface area contributed by atoms with Gasteiger partial charge in [0, 0.05) is 28.4 Å². The van der Waals surface area contributed by atoms with E-state index >= 15 is 0 Å². The molecule has 0 heterocycles. The second kappa shape index (κ2) is 7.12. The highest BCUT2D eigenvalue weighted by molar-refractivity contribution is 6.31. The van der Waals surface area contributed by atoms with Crippen molar-refractivity contribution in [1.82, 2.24) is 0 Å². The maximum Gasteiger partial charge on any atom is 0.193 e. The minimum Gasteiger partial charge on any atom is -0.381 e. The van der Waals surface area contributed by atoms with Crippen molar-refractivity contribution in [3.05, 3.63) is 101 Å². The molecule has 0 aromatic heterocycles. The van der Waals surface area contributed by atoms with Gasteiger partial charge in [0.15, 0.2) is 5.78 Å². The molecule has 1 N–H and O–H groups in total. The van der Waals surface area contributed by atoms with Crippen LogP contribution < -0.4 is 5.32 Å². The molecule has 3 aromatic carbocycles. The molecule has 0 aliphatic rings. The Hall–Kier alpha value is -2.58. The molecule has 0 bridgehead atoms. The number of carbonyl (C=O) groups is 1. The Kier molecular flexibility index (Phi) is 4.74. The summed E-state index contributed by atoms with van der Waals surface area (Å²) in [5.74, 6) is -0.0258. The van der Waals surface area contributed by atoms with Crippen LogP contribution in [-0.2, 0) is 6.54 Å². The summed E-state index contributed by atoms with van der Waals surface area (Å²) in [6, 6.07) is 24.7. The Morgan fingerprint density at radius 1 is 0.826 bits per heavy atom. The normalized spacial score (nSPS) is 10.3. The molecular formula is C20H16ClNO. The van der Waals surface area contributed by atoms with Crippen molar-refractivity contribution in [2.24, 2.45) is 0 Å². The van der Waals surface area contributed by atoms with Gasteiger partial charge in [0.25, 0.3) is 0 Å². The second-order valence-corrected chi connectivity index (χ2v) is 5.69. The van der Waals surface area contributed by atoms with Gasteiger partial charge in [-0.15, -0.1) is 0 Å². The summed E-state index contributed by atoms with van der Waals surface area (Å²) in [7, 11) is 0. The molecule has 3 aromatic rings. The molecule has 3 heteroatoms. The lowest BCUT2D eigenvalue weighted by molar-refractivity contribution is 0.103. The lowest BCUT2D eigenvalue weighted by Gasteiger charge is -2.08. The van der Waals surface area contributed by atoms with Crippen molar-refractivity contribution in [2.75, 3.05) is 5.32 Å². The molecule has 2 nitrogen and oxygen atoms in total. The Labute approximate surface area is 140 Å². The number of anilines is 1. The van der Waals surface area contributed by atoms with Crippen molar-refractivity contribution >= 4 is 23.1 Å². The largest absolute Gasteiger partial charge is 0.381 e. The fraction of sp³-hybridized carbons (Fsp3) is 0.0500. The van der Waals surface area contributed by atoms with E-state index in [0.29, 0.717) is 16.1 Å². The second-order valence-electron chi connectivity index (χ2n) is 5.26. The van der Waals surface area contributed by atoms with Crippen LogP contribution in [0.25, 0.3) is 0 Å². The average molecular weight is 322 g/mol. The smallest absolute Gasteiger partial charge is 0.193 e. The maximum absolute atomic E-state index is 12.4. The zero-order valence-corrected chi connectivity index (χ0v) is 13.3. The number of halogens is 1. The van der Waals surface area contributed by atoms with Crippen molar-refractivity contribution in [2.45, 2.75) is 6.54 Å². The fourth-order valence-corrected chi connectivity index (χ4v) is 2.53. The van der Waals surface area contributed by atoms with E-state index in [0.717, 1.165) is 12.2 Å². The molecule has 0 aliphatic heterocycles. The van der Waals surface area contributed by atoms with E-state index < -0.39 is 0 Å². The third-order valence-corrected chi connectivity index (χ3v) is 3.81. The predicted molar refractivity (Wildman–Crippen MR) is 95.1 cm³/mol. The Morgan fingerprint density at radius 3 is 2.26 bits per heavy atom. The minimum absolute atomic E-state index is 0.0258. The standard InChI is InChI=1S/C20H16ClNO/c21-18-8-4-7-17(13-18)20(23)16-9-11-19(12-10-16)22-14-15-5-2-1-3-6-15/h1-13,22H,14H2. The van der Waals surface area contributed by atoms with E-state index in [1.807, 2.05) is 42.5 Å². The zero-order valence-electron chi connectivity index (χ0n) is 12.5. The van der Waals surface area contributed by atoms with Crippen LogP contribution in [0.4, 0.5) is 5.69 Å². The van der Waals surface area contributed by atoms with Crippen molar-refractivity contribution in [3.8, 4) is 0 Å². The Balaban J connectivity index is 1.68. The van der Waals surface area contributed by atoms with Crippen LogP contribution in [0.5, 0.6) is 0 Å². The number of carbonyl (C=O) groups excluding carboxylic acids is 1. The first-order valence-corrected chi connectivity index (χ1v) is 7.78. The Morgan fingerprint density at radius 2 is 1.57 bits per heavy atom. The molecule has 0 amide bonds. The molecular weight excluding hydrogens is 306 g/mol. The molecule has 0 saturated heterocycles. The van der Waals surface area contributed by atoms with Gasteiger partial charge in [-0.25, -0.2) is 0 Å². The van der Waals surface area contributed by atoms with E-state index in [9.17, 15) is 4.79 Å². The molecule has 0 fully saturated rings. The van der Waals surface area contributed by atoms with Crippen LogP contribution >= 0.6 is 11.6 Å². The molecule has 3 rings (SSSR count). The van der Waals surface area contributed by atoms with Gasteiger partial charge >= 0.3 is 0 Å². The summed E-state index contributed by atoms with van der Waals surface area (Å²) >= 11 is 5.94. The van der Waals surface area contributed by atoms with Crippen LogP contribution in [0.15, 0.2) is 78.9 Å². The molecule has 114 valence electrons. The van der Waals surface area contributed by atoms with E-state index in [2.05, 4.69) is 17.4 Å². The van der Waals surface area contributed by atoms with Gasteiger partial charge in [-0.2, -0.15) is 0 Å². The number of hydrogen-bond acceptors (Lipinski definition) is 2. The highest BCUT2D eigenvalue weighted by atomic mass is 35.5. The van der Waals surface area contributed by atoms with Crippen LogP contribution in [0, 0.1) is 0 Å². The van der Waals surface area contributed by atoms with Gasteiger partial charge in [0.2, 0.25) is 0 Å². The Bertz CT molecular complexity index is 797. The average Bonchev–Trinajstić information content (AvgIpc) is 2.61. The number of ketones is 1. The number of nitrogens with one attached hydrogen (secondary N) is 1. The van der Waals surface area contributed by atoms with Gasteiger partial charge in [-0.3, -0.25) is 4.79 Å². The molecule has 0 saturated carbocycles. The number of rotatable bonds is 5. The zero-order chi connectivity index (χ0) is 16.1. The van der Waals surface area contributed by atoms with Crippen molar-refractivity contribution in [1.29, 1.82) is 0 Å². The molecule has 0 atom stereocenters. The molecule has 0 spiro atoms. The van der Waals surface area contributed by atoms with E-state index in [-0.39, 0.29) is 5.78 Å². The monoisotopic (exact) mass is 321 g/mol. The lowest BCUT2D eigenvalue weighted by Crippen LogP contribution is -2.02. The third-order valence-electron chi connectivity index (χ3n) is 3.57. The molecule has 0 unspecified atom stereocenters. The van der Waals surface area contributed by atoms with Gasteiger partial charge in [0.1, 0.15) is 0 Å². The maximum atomic E-state index is 12.4. The number of benzene rings is 3. The van der Waals surface area contributed by atoms with Crippen LogP contribution in [0.1, 0.15) is 21.5 Å². The molecule has 0 aliphatic carbocycles. The SMILES string of the molecule is O=C(c1ccc(NCc2ccccc2)cc1)c1cccc(Cl)c1. The van der Waals surface area contributed by atoms with Gasteiger partial charge in [-0.1, -0.05) is 54.1 Å². The lowest BCUT2D eigenvalue weighted by atomic mass is 10.0. The highest BCUT2D eigenvalue weighted by Crippen LogP contribution is 2.17. The van der Waals surface area contributed by atoms with Crippen molar-refractivity contribution < 1.29 is 4.79 Å². The summed E-state index contributed by atoms with van der Waals surface area (Å²) in [6.45, 7) is 0.752. The summed E-state index contributed by atoms with van der Waals surface area (Å²) in [5.41, 5.74) is 3.45. The minimum atomic E-state index is -0.0258. The first-order valence-electron chi connectivity index (χ1n) is 7.40. The van der Waals surface area contributed by atoms with E-state index in [1.54, 1.807) is 24.3 Å². The fourth-order valence-electron chi connectivity index (χ4n) is 2.34. The topological polar surface area (TPSA) is 29.1 Å². The van der Waals surface area contributed by atoms with Crippen molar-refractivity contribution in [3.63, 3.8) is 0 Å². The predicted octanol–water partition coefficient (Wildman–Crippen LogP) is 5.18. The summed E-state index contributed by atoms with van der Waals surface area (Å²) in [5, 5.41) is 3.91. The highest BCUT2D eigenvalue weighted by Gasteiger charge is 2.09. The van der Waals surface area contributed by atoms with E-state index in [1.165, 1.54) is 5.56 Å². The summed E-state index contributed by atoms with van der Waals surface area (Å²) < 4.78 is 0. The first kappa shape index (κ1) is 15.3. The third kappa shape index (κ3) is 3.99. The van der Waals surface area contributed by atoms with Crippen LogP contribution in [-0.4, -0.2) is 5.78 Å².